The standard InChI is InChI=1S/C11H9FN2OS/c1-14-10(15)9(13-11(14)16)6-7-4-2-3-5-8(7)12/h2-6H,1H3,(H,13,16)/b9-6+. The predicted molar refractivity (Wildman–Crippen MR) is 62.9 cm³/mol. The average molecular weight is 236 g/mol. The van der Waals surface area contributed by atoms with Gasteiger partial charge < -0.3 is 5.32 Å². The van der Waals surface area contributed by atoms with Crippen LogP contribution in [0, 0.1) is 5.82 Å². The molecule has 1 saturated heterocycles. The second-order valence-electron chi connectivity index (χ2n) is 3.37. The second kappa shape index (κ2) is 4.02. The number of carbonyl (C=O) groups is 1. The lowest BCUT2D eigenvalue weighted by Crippen LogP contribution is -2.25. The molecule has 2 rings (SSSR count). The number of nitrogens with one attached hydrogen (secondary N) is 1. The monoisotopic (exact) mass is 236 g/mol. The van der Waals surface area contributed by atoms with Gasteiger partial charge in [-0.2, -0.15) is 0 Å². The highest BCUT2D eigenvalue weighted by Crippen LogP contribution is 2.14. The Morgan fingerprint density at radius 2 is 2.12 bits per heavy atom. The lowest BCUT2D eigenvalue weighted by atomic mass is 10.2. The highest BCUT2D eigenvalue weighted by Gasteiger charge is 2.27. The van der Waals surface area contributed by atoms with Crippen LogP contribution in [-0.2, 0) is 4.79 Å². The molecule has 0 aliphatic carbocycles. The summed E-state index contributed by atoms with van der Waals surface area (Å²) in [5.74, 6) is -0.627. The fraction of sp³-hybridized carbons (Fsp3) is 0.0909. The molecule has 0 aromatic heterocycles. The third kappa shape index (κ3) is 1.81. The summed E-state index contributed by atoms with van der Waals surface area (Å²) >= 11 is 4.90. The largest absolute Gasteiger partial charge is 0.328 e. The number of nitrogens with zero attached hydrogens (tertiary/aromatic N) is 1. The summed E-state index contributed by atoms with van der Waals surface area (Å²) in [5.41, 5.74) is 0.647. The fourth-order valence-corrected chi connectivity index (χ4v) is 1.56. The van der Waals surface area contributed by atoms with Crippen molar-refractivity contribution in [2.24, 2.45) is 0 Å². The lowest BCUT2D eigenvalue weighted by Gasteiger charge is -2.02. The molecule has 0 bridgehead atoms. The number of carbonyl (C=O) groups excluding carboxylic acids is 1. The first-order valence-electron chi connectivity index (χ1n) is 4.65. The van der Waals surface area contributed by atoms with Gasteiger partial charge in [-0.1, -0.05) is 18.2 Å². The first-order valence-corrected chi connectivity index (χ1v) is 5.05. The summed E-state index contributed by atoms with van der Waals surface area (Å²) in [6.45, 7) is 0. The van der Waals surface area contributed by atoms with Gasteiger partial charge in [0.2, 0.25) is 0 Å². The van der Waals surface area contributed by atoms with Crippen molar-refractivity contribution in [3.63, 3.8) is 0 Å². The van der Waals surface area contributed by atoms with Crippen molar-refractivity contribution in [3.05, 3.63) is 41.3 Å². The van der Waals surface area contributed by atoms with Gasteiger partial charge >= 0.3 is 0 Å². The minimum atomic E-state index is -0.370. The molecule has 1 heterocycles. The number of hydrogen-bond donors (Lipinski definition) is 1. The van der Waals surface area contributed by atoms with Gasteiger partial charge in [-0.15, -0.1) is 0 Å². The Labute approximate surface area is 97.6 Å². The maximum Gasteiger partial charge on any atom is 0.276 e. The number of hydrogen-bond acceptors (Lipinski definition) is 2. The highest BCUT2D eigenvalue weighted by molar-refractivity contribution is 7.80. The van der Waals surface area contributed by atoms with Crippen LogP contribution in [0.5, 0.6) is 0 Å². The molecule has 1 amide bonds. The van der Waals surface area contributed by atoms with Crippen LogP contribution >= 0.6 is 12.2 Å². The number of thiocarbonyl (C=S) groups is 1. The van der Waals surface area contributed by atoms with Crippen LogP contribution in [0.15, 0.2) is 30.0 Å². The van der Waals surface area contributed by atoms with E-state index in [4.69, 9.17) is 12.2 Å². The minimum Gasteiger partial charge on any atom is -0.328 e. The zero-order chi connectivity index (χ0) is 11.7. The molecule has 1 aromatic carbocycles. The smallest absolute Gasteiger partial charge is 0.276 e. The molecule has 1 N–H and O–H groups in total. The zero-order valence-corrected chi connectivity index (χ0v) is 9.34. The average Bonchev–Trinajstić information content (AvgIpc) is 2.50. The van der Waals surface area contributed by atoms with E-state index in [2.05, 4.69) is 5.32 Å². The fourth-order valence-electron chi connectivity index (χ4n) is 1.37. The number of rotatable bonds is 1. The molecule has 0 radical (unpaired) electrons. The molecule has 5 heteroatoms. The zero-order valence-electron chi connectivity index (χ0n) is 8.53. The Morgan fingerprint density at radius 3 is 2.69 bits per heavy atom. The van der Waals surface area contributed by atoms with Gasteiger partial charge in [0.15, 0.2) is 5.11 Å². The van der Waals surface area contributed by atoms with Gasteiger partial charge in [-0.05, 0) is 24.4 Å². The molecule has 0 spiro atoms. The van der Waals surface area contributed by atoms with Crippen molar-refractivity contribution < 1.29 is 9.18 Å². The van der Waals surface area contributed by atoms with Crippen molar-refractivity contribution in [2.75, 3.05) is 7.05 Å². The SMILES string of the molecule is CN1C(=O)/C(=C\c2ccccc2F)NC1=S. The lowest BCUT2D eigenvalue weighted by molar-refractivity contribution is -0.121. The van der Waals surface area contributed by atoms with Gasteiger partial charge in [-0.25, -0.2) is 4.39 Å². The Morgan fingerprint density at radius 1 is 1.44 bits per heavy atom. The van der Waals surface area contributed by atoms with Crippen LogP contribution < -0.4 is 5.32 Å². The molecule has 1 aliphatic heterocycles. The third-order valence-corrected chi connectivity index (χ3v) is 2.66. The summed E-state index contributed by atoms with van der Waals surface area (Å²) in [4.78, 5) is 12.9. The van der Waals surface area contributed by atoms with E-state index in [-0.39, 0.29) is 17.4 Å². The number of amides is 1. The number of halogens is 1. The number of likely N-dealkylation sites (N-methyl/N-ethyl adjacent to an activating group) is 1. The van der Waals surface area contributed by atoms with Crippen molar-refractivity contribution in [1.82, 2.24) is 10.2 Å². The summed E-state index contributed by atoms with van der Waals surface area (Å²) in [7, 11) is 1.57. The van der Waals surface area contributed by atoms with Crippen LogP contribution in [0.4, 0.5) is 4.39 Å². The van der Waals surface area contributed by atoms with E-state index in [0.29, 0.717) is 10.7 Å². The van der Waals surface area contributed by atoms with E-state index in [1.807, 2.05) is 0 Å². The molecule has 3 nitrogen and oxygen atoms in total. The van der Waals surface area contributed by atoms with Crippen molar-refractivity contribution in [1.29, 1.82) is 0 Å². The molecule has 0 atom stereocenters. The van der Waals surface area contributed by atoms with Gasteiger partial charge in [0.1, 0.15) is 11.5 Å². The van der Waals surface area contributed by atoms with Crippen LogP contribution in [0.1, 0.15) is 5.56 Å². The Hall–Kier alpha value is -1.75. The molecular formula is C11H9FN2OS. The molecular weight excluding hydrogens is 227 g/mol. The van der Waals surface area contributed by atoms with Crippen molar-refractivity contribution in [3.8, 4) is 0 Å². The summed E-state index contributed by atoms with van der Waals surface area (Å²) in [6.07, 6.45) is 1.45. The van der Waals surface area contributed by atoms with Gasteiger partial charge in [-0.3, -0.25) is 9.69 Å². The van der Waals surface area contributed by atoms with E-state index in [0.717, 1.165) is 0 Å². The van der Waals surface area contributed by atoms with E-state index >= 15 is 0 Å². The topological polar surface area (TPSA) is 32.3 Å². The molecule has 1 aliphatic rings. The van der Waals surface area contributed by atoms with Crippen molar-refractivity contribution >= 4 is 29.3 Å². The third-order valence-electron chi connectivity index (χ3n) is 2.29. The second-order valence-corrected chi connectivity index (χ2v) is 3.76. The molecule has 0 saturated carbocycles. The van der Waals surface area contributed by atoms with Gasteiger partial charge in [0.05, 0.1) is 0 Å². The summed E-state index contributed by atoms with van der Waals surface area (Å²) in [5, 5.41) is 3.06. The van der Waals surface area contributed by atoms with Crippen LogP contribution in [0.25, 0.3) is 6.08 Å². The van der Waals surface area contributed by atoms with Crippen LogP contribution in [0.2, 0.25) is 0 Å². The van der Waals surface area contributed by atoms with Gasteiger partial charge in [0.25, 0.3) is 5.91 Å². The maximum absolute atomic E-state index is 13.3. The molecule has 1 fully saturated rings. The van der Waals surface area contributed by atoms with Crippen molar-refractivity contribution in [2.45, 2.75) is 0 Å². The quantitative estimate of drug-likeness (QED) is 0.592. The van der Waals surface area contributed by atoms with E-state index in [9.17, 15) is 9.18 Å². The predicted octanol–water partition coefficient (Wildman–Crippen LogP) is 1.51. The van der Waals surface area contributed by atoms with E-state index < -0.39 is 0 Å². The molecule has 16 heavy (non-hydrogen) atoms. The van der Waals surface area contributed by atoms with E-state index in [1.54, 1.807) is 25.2 Å². The van der Waals surface area contributed by atoms with Gasteiger partial charge in [0, 0.05) is 12.6 Å². The summed E-state index contributed by atoms with van der Waals surface area (Å²) in [6, 6.07) is 6.24. The maximum atomic E-state index is 13.3. The molecule has 82 valence electrons. The first-order chi connectivity index (χ1) is 7.59. The Kier molecular flexibility index (Phi) is 2.70. The number of benzene rings is 1. The highest BCUT2D eigenvalue weighted by atomic mass is 32.1. The van der Waals surface area contributed by atoms with Crippen LogP contribution in [-0.4, -0.2) is 23.0 Å². The van der Waals surface area contributed by atoms with E-state index in [1.165, 1.54) is 17.0 Å². The van der Waals surface area contributed by atoms with Crippen LogP contribution in [0.3, 0.4) is 0 Å². The Balaban J connectivity index is 2.37. The molecule has 1 aromatic rings. The normalized spacial score (nSPS) is 18.1. The Bertz CT molecular complexity index is 499. The summed E-state index contributed by atoms with van der Waals surface area (Å²) < 4.78 is 13.3. The molecule has 0 unspecified atom stereocenters. The first kappa shape index (κ1) is 10.8. The minimum absolute atomic E-state index is 0.256.